The predicted molar refractivity (Wildman–Crippen MR) is 289 cm³/mol. The molecule has 1 N–H and O–H groups in total. The first-order valence-electron chi connectivity index (χ1n) is 28.6. The lowest BCUT2D eigenvalue weighted by Crippen LogP contribution is -2.18. The maximum Gasteiger partial charge on any atom is 0.342 e. The van der Waals surface area contributed by atoms with Gasteiger partial charge < -0.3 is 33.5 Å². The van der Waals surface area contributed by atoms with E-state index in [1.807, 2.05) is 26.8 Å². The lowest BCUT2D eigenvalue weighted by Gasteiger charge is -2.19. The van der Waals surface area contributed by atoms with Crippen molar-refractivity contribution in [3.05, 3.63) is 33.9 Å². The van der Waals surface area contributed by atoms with Gasteiger partial charge in [-0.2, -0.15) is 0 Å². The first-order valence-corrected chi connectivity index (χ1v) is 28.6. The van der Waals surface area contributed by atoms with E-state index in [4.69, 9.17) is 28.8 Å². The highest BCUT2D eigenvalue weighted by Gasteiger charge is 2.34. The predicted octanol–water partition coefficient (Wildman–Crippen LogP) is 15.3. The minimum absolute atomic E-state index is 0.0146. The first-order chi connectivity index (χ1) is 35.3. The topological polar surface area (TPSA) is 178 Å². The highest BCUT2D eigenvalue weighted by atomic mass is 16.6. The summed E-state index contributed by atoms with van der Waals surface area (Å²) >= 11 is 0. The average Bonchev–Trinajstić information content (AvgIpc) is 3.77. The maximum absolute atomic E-state index is 12.5. The van der Waals surface area contributed by atoms with Crippen LogP contribution in [0.25, 0.3) is 0 Å². The summed E-state index contributed by atoms with van der Waals surface area (Å²) in [5, 5.41) is 8.74. The van der Waals surface area contributed by atoms with Crippen LogP contribution in [0, 0.1) is 12.8 Å². The molecule has 1 aliphatic heterocycles. The quantitative estimate of drug-likeness (QED) is 0.0215. The van der Waals surface area contributed by atoms with Gasteiger partial charge in [0.1, 0.15) is 17.9 Å². The molecule has 0 radical (unpaired) electrons. The van der Waals surface area contributed by atoms with Gasteiger partial charge in [-0.05, 0) is 57.9 Å². The van der Waals surface area contributed by atoms with Crippen molar-refractivity contribution in [1.29, 1.82) is 0 Å². The second kappa shape index (κ2) is 43.9. The number of carboxylic acids is 1. The highest BCUT2D eigenvalue weighted by Crippen LogP contribution is 2.43. The standard InChI is InChI=1S/C36H70O4.C24H30O9/c1-4-6-8-10-12-14-16-18-20-22-24-26-28-30-35(37)39-32-34(3)33-40-36(38)31-29-27-25-23-21-19-17-15-13-11-9-7-5-2;1-14(10-12-19(27)30-3)9-11-16-22(31-4)15(2)17-13-32-24(29)21(17)23(16)33-20(28)8-6-5-7-18(25)26/h34H,4-33H2,1-3H3;9H,5-8,10-13H2,1-4H3,(H,25,26)/b;14-9+. The molecule has 1 aliphatic rings. The molecule has 0 amide bonds. The Morgan fingerprint density at radius 3 is 1.40 bits per heavy atom. The average molecular weight is 1030 g/mol. The van der Waals surface area contributed by atoms with Crippen molar-refractivity contribution in [2.75, 3.05) is 27.4 Å². The number of rotatable bonds is 44. The fourth-order valence-electron chi connectivity index (χ4n) is 8.85. The van der Waals surface area contributed by atoms with E-state index in [0.29, 0.717) is 68.6 Å². The number of ether oxygens (including phenoxy) is 6. The summed E-state index contributed by atoms with van der Waals surface area (Å²) in [5.41, 5.74) is 3.01. The molecule has 0 aliphatic carbocycles. The molecule has 0 bridgehead atoms. The van der Waals surface area contributed by atoms with Crippen LogP contribution in [0.2, 0.25) is 0 Å². The van der Waals surface area contributed by atoms with Crippen molar-refractivity contribution >= 4 is 35.8 Å². The number of esters is 5. The Balaban J connectivity index is 0.000000742. The molecule has 418 valence electrons. The van der Waals surface area contributed by atoms with Gasteiger partial charge in [-0.1, -0.05) is 187 Å². The van der Waals surface area contributed by atoms with E-state index in [1.54, 1.807) is 0 Å². The normalized spacial score (nSPS) is 11.9. The van der Waals surface area contributed by atoms with E-state index in [2.05, 4.69) is 18.6 Å². The number of methoxy groups -OCH3 is 2. The van der Waals surface area contributed by atoms with Crippen LogP contribution in [0.15, 0.2) is 11.6 Å². The molecule has 1 aromatic rings. The Morgan fingerprint density at radius 1 is 0.562 bits per heavy atom. The SMILES string of the molecule is CCCCCCCCCCCCCCCC(=O)OCC(C)COC(=O)CCCCCCCCCCCCCCC.COC(=O)CC/C(C)=C/Cc1c(OC)c(C)c2c(c1OC(=O)CCCCC(=O)O)C(=O)OC2. The van der Waals surface area contributed by atoms with E-state index >= 15 is 0 Å². The molecular weight excluding hydrogens is 929 g/mol. The molecular formula is C60H100O13. The number of hydrogen-bond donors (Lipinski definition) is 1. The Hall–Kier alpha value is -4.42. The molecule has 0 spiro atoms. The van der Waals surface area contributed by atoms with Gasteiger partial charge in [-0.3, -0.25) is 24.0 Å². The van der Waals surface area contributed by atoms with Crippen molar-refractivity contribution in [2.45, 2.75) is 266 Å². The van der Waals surface area contributed by atoms with E-state index in [1.165, 1.54) is 155 Å². The molecule has 13 heteroatoms. The third-order valence-corrected chi connectivity index (χ3v) is 13.5. The van der Waals surface area contributed by atoms with Crippen molar-refractivity contribution in [3.8, 4) is 11.5 Å². The van der Waals surface area contributed by atoms with Crippen LogP contribution in [0.1, 0.15) is 273 Å². The van der Waals surface area contributed by atoms with Gasteiger partial charge in [-0.25, -0.2) is 4.79 Å². The Morgan fingerprint density at radius 2 is 0.973 bits per heavy atom. The van der Waals surface area contributed by atoms with Gasteiger partial charge in [0, 0.05) is 49.1 Å². The van der Waals surface area contributed by atoms with Crippen LogP contribution >= 0.6 is 0 Å². The number of hydrogen-bond acceptors (Lipinski definition) is 12. The monoisotopic (exact) mass is 1030 g/mol. The summed E-state index contributed by atoms with van der Waals surface area (Å²) in [7, 11) is 2.84. The van der Waals surface area contributed by atoms with E-state index < -0.39 is 17.9 Å². The number of allylic oxidation sites excluding steroid dienone is 2. The minimum atomic E-state index is -0.927. The molecule has 0 unspecified atom stereocenters. The van der Waals surface area contributed by atoms with Gasteiger partial charge in [-0.15, -0.1) is 0 Å². The molecule has 2 rings (SSSR count). The van der Waals surface area contributed by atoms with Crippen LogP contribution in [-0.4, -0.2) is 68.4 Å². The molecule has 0 saturated heterocycles. The Labute approximate surface area is 441 Å². The van der Waals surface area contributed by atoms with Crippen LogP contribution in [0.3, 0.4) is 0 Å². The van der Waals surface area contributed by atoms with Crippen molar-refractivity contribution in [3.63, 3.8) is 0 Å². The number of unbranched alkanes of at least 4 members (excludes halogenated alkanes) is 25. The van der Waals surface area contributed by atoms with Gasteiger partial charge in [0.25, 0.3) is 0 Å². The number of fused-ring (bicyclic) bond motifs is 1. The van der Waals surface area contributed by atoms with Crippen LogP contribution in [0.5, 0.6) is 11.5 Å². The zero-order chi connectivity index (χ0) is 53.9. The van der Waals surface area contributed by atoms with Crippen LogP contribution < -0.4 is 9.47 Å². The first kappa shape index (κ1) is 66.6. The lowest BCUT2D eigenvalue weighted by atomic mass is 9.94. The van der Waals surface area contributed by atoms with Crippen molar-refractivity contribution < 1.29 is 62.3 Å². The fraction of sp³-hybridized carbons (Fsp3) is 0.767. The molecule has 0 atom stereocenters. The maximum atomic E-state index is 12.5. The Kier molecular flexibility index (Phi) is 40.1. The number of cyclic esters (lactones) is 1. The fourth-order valence-corrected chi connectivity index (χ4v) is 8.85. The smallest absolute Gasteiger partial charge is 0.342 e. The second-order valence-electron chi connectivity index (χ2n) is 20.3. The van der Waals surface area contributed by atoms with E-state index in [-0.39, 0.29) is 61.0 Å². The summed E-state index contributed by atoms with van der Waals surface area (Å²) in [4.78, 5) is 71.1. The number of carbonyl (C=O) groups is 6. The minimum Gasteiger partial charge on any atom is -0.496 e. The Bertz CT molecular complexity index is 1690. The summed E-state index contributed by atoms with van der Waals surface area (Å²) in [6, 6.07) is 0. The lowest BCUT2D eigenvalue weighted by molar-refractivity contribution is -0.149. The van der Waals surface area contributed by atoms with Crippen LogP contribution in [0.4, 0.5) is 0 Å². The van der Waals surface area contributed by atoms with E-state index in [9.17, 15) is 28.8 Å². The molecule has 0 aromatic heterocycles. The summed E-state index contributed by atoms with van der Waals surface area (Å²) in [6.07, 6.45) is 38.5. The summed E-state index contributed by atoms with van der Waals surface area (Å²) < 4.78 is 31.9. The third-order valence-electron chi connectivity index (χ3n) is 13.5. The van der Waals surface area contributed by atoms with Crippen LogP contribution in [-0.2, 0) is 55.9 Å². The number of benzene rings is 1. The van der Waals surface area contributed by atoms with Gasteiger partial charge in [0.05, 0.1) is 27.4 Å². The molecule has 0 fully saturated rings. The zero-order valence-corrected chi connectivity index (χ0v) is 46.9. The molecule has 0 saturated carbocycles. The zero-order valence-electron chi connectivity index (χ0n) is 46.9. The molecule has 1 heterocycles. The molecule has 1 aromatic carbocycles. The largest absolute Gasteiger partial charge is 0.496 e. The van der Waals surface area contributed by atoms with Gasteiger partial charge in [0.2, 0.25) is 0 Å². The van der Waals surface area contributed by atoms with Gasteiger partial charge in [0.15, 0.2) is 5.75 Å². The van der Waals surface area contributed by atoms with Crippen molar-refractivity contribution in [2.24, 2.45) is 5.92 Å². The number of carbonyl (C=O) groups excluding carboxylic acids is 5. The van der Waals surface area contributed by atoms with Gasteiger partial charge >= 0.3 is 35.8 Å². The second-order valence-corrected chi connectivity index (χ2v) is 20.3. The summed E-state index contributed by atoms with van der Waals surface area (Å²) in [5.74, 6) is -1.96. The molecule has 73 heavy (non-hydrogen) atoms. The number of aliphatic carboxylic acids is 1. The highest BCUT2D eigenvalue weighted by molar-refractivity contribution is 5.99. The van der Waals surface area contributed by atoms with Crippen molar-refractivity contribution in [1.82, 2.24) is 0 Å². The van der Waals surface area contributed by atoms with E-state index in [0.717, 1.165) is 36.8 Å². The third kappa shape index (κ3) is 33.2. The summed E-state index contributed by atoms with van der Waals surface area (Å²) in [6.45, 7) is 10.9. The molecule has 13 nitrogen and oxygen atoms in total. The number of carboxylic acid groups (broad SMARTS) is 1.